The Morgan fingerprint density at radius 1 is 1.17 bits per heavy atom. The van der Waals surface area contributed by atoms with Gasteiger partial charge in [-0.15, -0.1) is 0 Å². The van der Waals surface area contributed by atoms with Crippen molar-refractivity contribution in [2.75, 3.05) is 11.9 Å². The maximum absolute atomic E-state index is 12.8. The van der Waals surface area contributed by atoms with Gasteiger partial charge in [0.1, 0.15) is 0 Å². The molecule has 3 rings (SSSR count). The first-order valence-corrected chi connectivity index (χ1v) is 8.40. The highest BCUT2D eigenvalue weighted by Crippen LogP contribution is 2.33. The van der Waals surface area contributed by atoms with E-state index in [1.54, 1.807) is 6.07 Å². The number of nitrogens with one attached hydrogen (secondary N) is 1. The molecule has 0 spiro atoms. The summed E-state index contributed by atoms with van der Waals surface area (Å²) in [7, 11) is 0. The van der Waals surface area contributed by atoms with Gasteiger partial charge in [0.05, 0.1) is 16.8 Å². The molecule has 1 fully saturated rings. The Morgan fingerprint density at radius 2 is 1.83 bits per heavy atom. The van der Waals surface area contributed by atoms with Gasteiger partial charge in [-0.1, -0.05) is 54.1 Å². The van der Waals surface area contributed by atoms with E-state index in [2.05, 4.69) is 24.4 Å². The van der Waals surface area contributed by atoms with Gasteiger partial charge in [-0.25, -0.2) is 4.79 Å². The number of halogens is 1. The molecule has 0 aromatic heterocycles. The van der Waals surface area contributed by atoms with E-state index in [1.807, 2.05) is 41.3 Å². The molecule has 4 heteroatoms. The van der Waals surface area contributed by atoms with Gasteiger partial charge in [0.15, 0.2) is 0 Å². The first-order chi connectivity index (χ1) is 11.1. The van der Waals surface area contributed by atoms with E-state index >= 15 is 0 Å². The zero-order valence-corrected chi connectivity index (χ0v) is 14.0. The Balaban J connectivity index is 1.78. The van der Waals surface area contributed by atoms with E-state index in [-0.39, 0.29) is 12.1 Å². The summed E-state index contributed by atoms with van der Waals surface area (Å²) < 4.78 is 0. The minimum atomic E-state index is -0.0960. The number of carbonyl (C=O) groups is 1. The predicted octanol–water partition coefficient (Wildman–Crippen LogP) is 5.35. The number of urea groups is 1. The van der Waals surface area contributed by atoms with Gasteiger partial charge in [-0.3, -0.25) is 0 Å². The van der Waals surface area contributed by atoms with Crippen molar-refractivity contribution in [2.45, 2.75) is 25.8 Å². The van der Waals surface area contributed by atoms with Gasteiger partial charge in [-0.2, -0.15) is 0 Å². The third kappa shape index (κ3) is 4.05. The molecule has 1 unspecified atom stereocenters. The number of amides is 2. The molecule has 2 aromatic rings. The quantitative estimate of drug-likeness (QED) is 0.788. The van der Waals surface area contributed by atoms with E-state index in [4.69, 9.17) is 11.6 Å². The Labute approximate surface area is 142 Å². The van der Waals surface area contributed by atoms with Crippen LogP contribution in [-0.2, 0) is 0 Å². The lowest BCUT2D eigenvalue weighted by Crippen LogP contribution is -2.38. The minimum absolute atomic E-state index is 0.0271. The Hall–Kier alpha value is -2.00. The summed E-state index contributed by atoms with van der Waals surface area (Å²) in [4.78, 5) is 14.7. The fourth-order valence-electron chi connectivity index (χ4n) is 2.66. The minimum Gasteiger partial charge on any atom is -0.317 e. The molecule has 1 N–H and O–H groups in total. The molecule has 1 atom stereocenters. The van der Waals surface area contributed by atoms with Gasteiger partial charge < -0.3 is 10.2 Å². The van der Waals surface area contributed by atoms with Crippen molar-refractivity contribution in [1.82, 2.24) is 4.90 Å². The molecule has 1 aliphatic carbocycles. The summed E-state index contributed by atoms with van der Waals surface area (Å²) in [5, 5.41) is 3.50. The maximum Gasteiger partial charge on any atom is 0.322 e. The number of hydrogen-bond donors (Lipinski definition) is 1. The second kappa shape index (κ2) is 7.05. The molecule has 0 bridgehead atoms. The molecule has 0 heterocycles. The Bertz CT molecular complexity index is 670. The van der Waals surface area contributed by atoms with Crippen LogP contribution in [0.15, 0.2) is 54.6 Å². The zero-order chi connectivity index (χ0) is 16.2. The van der Waals surface area contributed by atoms with Crippen LogP contribution in [0, 0.1) is 5.92 Å². The van der Waals surface area contributed by atoms with Crippen LogP contribution in [0.4, 0.5) is 10.5 Å². The largest absolute Gasteiger partial charge is 0.322 e. The van der Waals surface area contributed by atoms with Gasteiger partial charge in [0.2, 0.25) is 0 Å². The highest BCUT2D eigenvalue weighted by molar-refractivity contribution is 6.33. The number of anilines is 1. The molecular weight excluding hydrogens is 308 g/mol. The van der Waals surface area contributed by atoms with Crippen molar-refractivity contribution < 1.29 is 4.79 Å². The molecule has 23 heavy (non-hydrogen) atoms. The Morgan fingerprint density at radius 3 is 2.48 bits per heavy atom. The van der Waals surface area contributed by atoms with Crippen molar-refractivity contribution in [1.29, 1.82) is 0 Å². The smallest absolute Gasteiger partial charge is 0.317 e. The highest BCUT2D eigenvalue weighted by Gasteiger charge is 2.30. The fraction of sp³-hybridized carbons (Fsp3) is 0.316. The number of para-hydroxylation sites is 1. The molecule has 0 radical (unpaired) electrons. The van der Waals surface area contributed by atoms with Crippen molar-refractivity contribution in [3.63, 3.8) is 0 Å². The van der Waals surface area contributed by atoms with Crippen LogP contribution >= 0.6 is 11.6 Å². The summed E-state index contributed by atoms with van der Waals surface area (Å²) in [5.41, 5.74) is 1.79. The normalized spacial score (nSPS) is 15.0. The standard InChI is InChI=1S/C19H21ClN2O/c1-14(16-7-3-2-4-8-16)22(13-15-11-12-15)19(23)21-18-10-6-5-9-17(18)20/h2-10,14-15H,11-13H2,1H3,(H,21,23). The number of benzene rings is 2. The lowest BCUT2D eigenvalue weighted by Gasteiger charge is -2.30. The second-order valence-electron chi connectivity index (χ2n) is 6.09. The fourth-order valence-corrected chi connectivity index (χ4v) is 2.84. The van der Waals surface area contributed by atoms with Gasteiger partial charge >= 0.3 is 6.03 Å². The van der Waals surface area contributed by atoms with Crippen LogP contribution < -0.4 is 5.32 Å². The molecule has 2 aromatic carbocycles. The van der Waals surface area contributed by atoms with E-state index < -0.39 is 0 Å². The second-order valence-corrected chi connectivity index (χ2v) is 6.50. The highest BCUT2D eigenvalue weighted by atomic mass is 35.5. The van der Waals surface area contributed by atoms with Gasteiger partial charge in [-0.05, 0) is 43.4 Å². The van der Waals surface area contributed by atoms with Crippen LogP contribution in [0.1, 0.15) is 31.4 Å². The van der Waals surface area contributed by atoms with Crippen LogP contribution in [0.2, 0.25) is 5.02 Å². The SMILES string of the molecule is CC(c1ccccc1)N(CC1CC1)C(=O)Nc1ccccc1Cl. The van der Waals surface area contributed by atoms with Crippen LogP contribution in [0.5, 0.6) is 0 Å². The van der Waals surface area contributed by atoms with E-state index in [0.717, 1.165) is 12.1 Å². The maximum atomic E-state index is 12.8. The summed E-state index contributed by atoms with van der Waals surface area (Å²) in [5.74, 6) is 0.623. The molecular formula is C19H21ClN2O. The third-order valence-corrected chi connectivity index (χ3v) is 4.61. The van der Waals surface area contributed by atoms with E-state index in [9.17, 15) is 4.79 Å². The first-order valence-electron chi connectivity index (χ1n) is 8.02. The van der Waals surface area contributed by atoms with Crippen LogP contribution in [-0.4, -0.2) is 17.5 Å². The van der Waals surface area contributed by atoms with Gasteiger partial charge in [0.25, 0.3) is 0 Å². The lowest BCUT2D eigenvalue weighted by atomic mass is 10.1. The zero-order valence-electron chi connectivity index (χ0n) is 13.2. The van der Waals surface area contributed by atoms with Crippen LogP contribution in [0.3, 0.4) is 0 Å². The first kappa shape index (κ1) is 15.9. The molecule has 3 nitrogen and oxygen atoms in total. The molecule has 1 aliphatic rings. The molecule has 2 amide bonds. The number of hydrogen-bond acceptors (Lipinski definition) is 1. The molecule has 120 valence electrons. The summed E-state index contributed by atoms with van der Waals surface area (Å²) in [6, 6.07) is 17.4. The van der Waals surface area contributed by atoms with Crippen molar-refractivity contribution >= 4 is 23.3 Å². The predicted molar refractivity (Wildman–Crippen MR) is 94.8 cm³/mol. The van der Waals surface area contributed by atoms with E-state index in [1.165, 1.54) is 12.8 Å². The summed E-state index contributed by atoms with van der Waals surface area (Å²) >= 11 is 6.15. The summed E-state index contributed by atoms with van der Waals surface area (Å²) in [6.45, 7) is 2.86. The molecule has 0 aliphatic heterocycles. The number of rotatable bonds is 5. The average molecular weight is 329 g/mol. The average Bonchev–Trinajstić information content (AvgIpc) is 3.39. The topological polar surface area (TPSA) is 32.3 Å². The third-order valence-electron chi connectivity index (χ3n) is 4.28. The van der Waals surface area contributed by atoms with Crippen molar-refractivity contribution in [3.8, 4) is 0 Å². The molecule has 0 saturated heterocycles. The number of nitrogens with zero attached hydrogens (tertiary/aromatic N) is 1. The Kier molecular flexibility index (Phi) is 4.87. The van der Waals surface area contributed by atoms with Crippen LogP contribution in [0.25, 0.3) is 0 Å². The van der Waals surface area contributed by atoms with Crippen molar-refractivity contribution in [3.05, 3.63) is 65.2 Å². The van der Waals surface area contributed by atoms with E-state index in [0.29, 0.717) is 16.6 Å². The summed E-state index contributed by atoms with van der Waals surface area (Å²) in [6.07, 6.45) is 2.41. The van der Waals surface area contributed by atoms with Gasteiger partial charge in [0, 0.05) is 6.54 Å². The van der Waals surface area contributed by atoms with Crippen molar-refractivity contribution in [2.24, 2.45) is 5.92 Å². The lowest BCUT2D eigenvalue weighted by molar-refractivity contribution is 0.189. The number of carbonyl (C=O) groups excluding carboxylic acids is 1. The molecule has 1 saturated carbocycles. The monoisotopic (exact) mass is 328 g/mol.